The van der Waals surface area contributed by atoms with E-state index in [1.54, 1.807) is 30.3 Å². The van der Waals surface area contributed by atoms with Crippen molar-refractivity contribution in [3.63, 3.8) is 0 Å². The predicted molar refractivity (Wildman–Crippen MR) is 123 cm³/mol. The Bertz CT molecular complexity index is 1340. The number of methoxy groups -OCH3 is 2. The van der Waals surface area contributed by atoms with Crippen LogP contribution in [-0.4, -0.2) is 41.1 Å². The summed E-state index contributed by atoms with van der Waals surface area (Å²) in [5.74, 6) is -1.03. The predicted octanol–water partition coefficient (Wildman–Crippen LogP) is 3.49. The number of carbonyl (C=O) groups is 2. The van der Waals surface area contributed by atoms with Crippen molar-refractivity contribution >= 4 is 33.3 Å². The van der Waals surface area contributed by atoms with Crippen molar-refractivity contribution in [2.75, 3.05) is 30.4 Å². The highest BCUT2D eigenvalue weighted by molar-refractivity contribution is 7.92. The smallest absolute Gasteiger partial charge is 0.339 e. The number of amides is 1. The number of fused-ring (bicyclic) bond motifs is 1. The van der Waals surface area contributed by atoms with E-state index < -0.39 is 21.9 Å². The average Bonchev–Trinajstić information content (AvgIpc) is 3.28. The molecule has 0 bridgehead atoms. The number of ether oxygens (including phenoxy) is 2. The maximum atomic E-state index is 13.4. The van der Waals surface area contributed by atoms with Gasteiger partial charge in [0.15, 0.2) is 0 Å². The largest absolute Gasteiger partial charge is 0.496 e. The minimum Gasteiger partial charge on any atom is -0.496 e. The van der Waals surface area contributed by atoms with E-state index in [1.807, 2.05) is 12.1 Å². The van der Waals surface area contributed by atoms with Crippen molar-refractivity contribution in [2.45, 2.75) is 11.3 Å². The van der Waals surface area contributed by atoms with Crippen molar-refractivity contribution in [1.82, 2.24) is 0 Å². The number of anilines is 2. The first-order chi connectivity index (χ1) is 15.9. The van der Waals surface area contributed by atoms with Crippen LogP contribution in [0.4, 0.5) is 11.4 Å². The molecule has 1 amide bonds. The highest BCUT2D eigenvalue weighted by atomic mass is 32.2. The number of hydrogen-bond acceptors (Lipinski definition) is 6. The fourth-order valence-corrected chi connectivity index (χ4v) is 5.31. The molecule has 0 atom stereocenters. The van der Waals surface area contributed by atoms with Gasteiger partial charge in [0.1, 0.15) is 5.75 Å². The Morgan fingerprint density at radius 1 is 0.939 bits per heavy atom. The third kappa shape index (κ3) is 4.14. The first-order valence-electron chi connectivity index (χ1n) is 10.1. The molecule has 4 rings (SSSR count). The van der Waals surface area contributed by atoms with Crippen LogP contribution in [0.25, 0.3) is 0 Å². The number of sulfonamides is 1. The zero-order valence-electron chi connectivity index (χ0n) is 18.1. The lowest BCUT2D eigenvalue weighted by atomic mass is 10.1. The van der Waals surface area contributed by atoms with E-state index in [0.29, 0.717) is 18.7 Å². The van der Waals surface area contributed by atoms with Crippen LogP contribution in [0.3, 0.4) is 0 Å². The number of carbonyl (C=O) groups excluding carboxylic acids is 2. The first kappa shape index (κ1) is 22.3. The summed E-state index contributed by atoms with van der Waals surface area (Å²) in [7, 11) is -1.27. The van der Waals surface area contributed by atoms with Crippen molar-refractivity contribution < 1.29 is 27.5 Å². The molecule has 0 aliphatic carbocycles. The minimum absolute atomic E-state index is 0.0192. The topological polar surface area (TPSA) is 102 Å². The summed E-state index contributed by atoms with van der Waals surface area (Å²) in [4.78, 5) is 25.1. The van der Waals surface area contributed by atoms with E-state index in [2.05, 4.69) is 5.32 Å². The van der Waals surface area contributed by atoms with Crippen LogP contribution in [-0.2, 0) is 21.2 Å². The summed E-state index contributed by atoms with van der Waals surface area (Å²) < 4.78 is 38.2. The third-order valence-electron chi connectivity index (χ3n) is 5.43. The normalized spacial score (nSPS) is 12.7. The molecule has 1 aliphatic rings. The number of para-hydroxylation sites is 2. The van der Waals surface area contributed by atoms with Gasteiger partial charge in [-0.1, -0.05) is 30.3 Å². The van der Waals surface area contributed by atoms with Gasteiger partial charge in [-0.05, 0) is 48.4 Å². The molecule has 8 nitrogen and oxygen atoms in total. The van der Waals surface area contributed by atoms with Gasteiger partial charge in [-0.25, -0.2) is 13.2 Å². The lowest BCUT2D eigenvalue weighted by molar-refractivity contribution is 0.0602. The Hall–Kier alpha value is -3.85. The van der Waals surface area contributed by atoms with Crippen LogP contribution >= 0.6 is 0 Å². The fourth-order valence-electron chi connectivity index (χ4n) is 3.78. The highest BCUT2D eigenvalue weighted by Crippen LogP contribution is 2.34. The number of nitrogens with one attached hydrogen (secondary N) is 1. The Morgan fingerprint density at radius 3 is 2.42 bits per heavy atom. The van der Waals surface area contributed by atoms with Gasteiger partial charge in [-0.15, -0.1) is 0 Å². The second kappa shape index (κ2) is 8.95. The Balaban J connectivity index is 1.70. The minimum atomic E-state index is -3.91. The van der Waals surface area contributed by atoms with E-state index in [4.69, 9.17) is 9.47 Å². The zero-order valence-corrected chi connectivity index (χ0v) is 18.9. The molecule has 0 unspecified atom stereocenters. The highest BCUT2D eigenvalue weighted by Gasteiger charge is 2.31. The van der Waals surface area contributed by atoms with Gasteiger partial charge >= 0.3 is 5.97 Å². The summed E-state index contributed by atoms with van der Waals surface area (Å²) in [5, 5.41) is 2.65. The summed E-state index contributed by atoms with van der Waals surface area (Å²) >= 11 is 0. The van der Waals surface area contributed by atoms with Gasteiger partial charge in [0.05, 0.1) is 41.6 Å². The molecule has 1 N–H and O–H groups in total. The van der Waals surface area contributed by atoms with Gasteiger partial charge in [-0.2, -0.15) is 0 Å². The Morgan fingerprint density at radius 2 is 1.67 bits per heavy atom. The monoisotopic (exact) mass is 466 g/mol. The number of nitrogens with zero attached hydrogens (tertiary/aromatic N) is 1. The molecule has 0 fully saturated rings. The van der Waals surface area contributed by atoms with E-state index >= 15 is 0 Å². The fraction of sp³-hybridized carbons (Fsp3) is 0.167. The molecular formula is C24H22N2O6S. The third-order valence-corrected chi connectivity index (χ3v) is 7.24. The van der Waals surface area contributed by atoms with Gasteiger partial charge in [0.2, 0.25) is 0 Å². The van der Waals surface area contributed by atoms with Crippen molar-refractivity contribution in [3.8, 4) is 5.75 Å². The molecule has 3 aromatic rings. The van der Waals surface area contributed by atoms with Gasteiger partial charge in [0.25, 0.3) is 15.9 Å². The molecular weight excluding hydrogens is 444 g/mol. The zero-order chi connectivity index (χ0) is 23.6. The molecule has 0 radical (unpaired) electrons. The molecule has 170 valence electrons. The van der Waals surface area contributed by atoms with Crippen LogP contribution in [0.1, 0.15) is 26.3 Å². The molecule has 0 saturated carbocycles. The van der Waals surface area contributed by atoms with Crippen LogP contribution in [0.5, 0.6) is 5.75 Å². The van der Waals surface area contributed by atoms with Crippen molar-refractivity contribution in [1.29, 1.82) is 0 Å². The molecule has 0 saturated heterocycles. The first-order valence-corrected chi connectivity index (χ1v) is 11.6. The van der Waals surface area contributed by atoms with Crippen LogP contribution in [0.2, 0.25) is 0 Å². The Labute approximate surface area is 191 Å². The van der Waals surface area contributed by atoms with Crippen molar-refractivity contribution in [2.24, 2.45) is 0 Å². The van der Waals surface area contributed by atoms with Crippen LogP contribution in [0, 0.1) is 0 Å². The van der Waals surface area contributed by atoms with E-state index in [-0.39, 0.29) is 27.5 Å². The van der Waals surface area contributed by atoms with Crippen LogP contribution in [0.15, 0.2) is 71.6 Å². The molecule has 9 heteroatoms. The lowest BCUT2D eigenvalue weighted by Crippen LogP contribution is -2.29. The summed E-state index contributed by atoms with van der Waals surface area (Å²) in [6.45, 7) is 0.321. The number of hydrogen-bond donors (Lipinski definition) is 1. The van der Waals surface area contributed by atoms with Crippen LogP contribution < -0.4 is 14.4 Å². The average molecular weight is 467 g/mol. The standard InChI is InChI=1S/C24H22N2O6S/c1-31-22-12-11-17(33(29,30)26-14-13-16-7-3-6-10-21(16)26)15-19(22)23(27)25-20-9-5-4-8-18(20)24(28)32-2/h3-12,15H,13-14H2,1-2H3,(H,25,27). The lowest BCUT2D eigenvalue weighted by Gasteiger charge is -2.20. The maximum absolute atomic E-state index is 13.4. The van der Waals surface area contributed by atoms with Gasteiger partial charge < -0.3 is 14.8 Å². The molecule has 33 heavy (non-hydrogen) atoms. The maximum Gasteiger partial charge on any atom is 0.339 e. The summed E-state index contributed by atoms with van der Waals surface area (Å²) in [6.07, 6.45) is 0.614. The molecule has 1 aliphatic heterocycles. The quantitative estimate of drug-likeness (QED) is 0.558. The molecule has 3 aromatic carbocycles. The number of rotatable bonds is 6. The van der Waals surface area contributed by atoms with E-state index in [0.717, 1.165) is 5.56 Å². The van der Waals surface area contributed by atoms with E-state index in [9.17, 15) is 18.0 Å². The Kier molecular flexibility index (Phi) is 6.06. The van der Waals surface area contributed by atoms with E-state index in [1.165, 1.54) is 42.8 Å². The molecule has 0 spiro atoms. The summed E-state index contributed by atoms with van der Waals surface area (Å²) in [6, 6.07) is 17.8. The molecule has 1 heterocycles. The van der Waals surface area contributed by atoms with Gasteiger partial charge in [-0.3, -0.25) is 9.10 Å². The SMILES string of the molecule is COC(=O)c1ccccc1NC(=O)c1cc(S(=O)(=O)N2CCc3ccccc32)ccc1OC. The number of benzene rings is 3. The molecule has 0 aromatic heterocycles. The summed E-state index contributed by atoms with van der Waals surface area (Å²) in [5.41, 5.74) is 2.01. The van der Waals surface area contributed by atoms with Gasteiger partial charge in [0, 0.05) is 6.54 Å². The number of esters is 1. The van der Waals surface area contributed by atoms with Crippen molar-refractivity contribution in [3.05, 3.63) is 83.4 Å². The second-order valence-electron chi connectivity index (χ2n) is 7.31. The second-order valence-corrected chi connectivity index (χ2v) is 9.17.